The van der Waals surface area contributed by atoms with E-state index in [0.29, 0.717) is 21.4 Å². The molecule has 1 atom stereocenters. The van der Waals surface area contributed by atoms with Gasteiger partial charge in [-0.3, -0.25) is 4.79 Å². The third-order valence-electron chi connectivity index (χ3n) is 2.73. The molecule has 20 heavy (non-hydrogen) atoms. The third-order valence-corrected chi connectivity index (χ3v) is 3.39. The Labute approximate surface area is 127 Å². The van der Waals surface area contributed by atoms with Gasteiger partial charge in [0.2, 0.25) is 5.91 Å². The summed E-state index contributed by atoms with van der Waals surface area (Å²) in [5.41, 5.74) is 0.622. The Morgan fingerprint density at radius 2 is 1.95 bits per heavy atom. The summed E-state index contributed by atoms with van der Waals surface area (Å²) in [4.78, 5) is 11.8. The van der Waals surface area contributed by atoms with Crippen molar-refractivity contribution in [1.29, 1.82) is 0 Å². The van der Waals surface area contributed by atoms with Crippen LogP contribution < -0.4 is 5.32 Å². The first-order valence-corrected chi connectivity index (χ1v) is 6.79. The van der Waals surface area contributed by atoms with Crippen LogP contribution in [0.2, 0.25) is 10.0 Å². The number of hydrogen-bond acceptors (Lipinski definition) is 2. The lowest BCUT2D eigenvalue weighted by atomic mass is 10.2. The zero-order chi connectivity index (χ0) is 14.5. The van der Waals surface area contributed by atoms with E-state index in [1.54, 1.807) is 42.7 Å². The van der Waals surface area contributed by atoms with Gasteiger partial charge in [0.1, 0.15) is 5.76 Å². The number of nitrogens with one attached hydrogen (secondary N) is 1. The first kappa shape index (κ1) is 14.7. The summed E-state index contributed by atoms with van der Waals surface area (Å²) in [5, 5.41) is 3.79. The summed E-state index contributed by atoms with van der Waals surface area (Å²) in [6.45, 7) is 1.84. The predicted octanol–water partition coefficient (Wildman–Crippen LogP) is 4.48. The molecule has 1 N–H and O–H groups in total. The molecule has 5 heteroatoms. The van der Waals surface area contributed by atoms with Crippen LogP contribution in [-0.4, -0.2) is 5.91 Å². The Bertz CT molecular complexity index is 601. The van der Waals surface area contributed by atoms with Crippen LogP contribution in [0.4, 0.5) is 0 Å². The van der Waals surface area contributed by atoms with E-state index in [1.165, 1.54) is 6.08 Å². The van der Waals surface area contributed by atoms with Crippen molar-refractivity contribution in [3.63, 3.8) is 0 Å². The van der Waals surface area contributed by atoms with E-state index in [4.69, 9.17) is 27.6 Å². The molecule has 0 unspecified atom stereocenters. The van der Waals surface area contributed by atoms with E-state index in [1.807, 2.05) is 6.92 Å². The number of carbonyl (C=O) groups excluding carboxylic acids is 1. The minimum absolute atomic E-state index is 0.205. The zero-order valence-electron chi connectivity index (χ0n) is 10.8. The summed E-state index contributed by atoms with van der Waals surface area (Å²) in [6, 6.07) is 8.56. The molecule has 2 rings (SSSR count). The van der Waals surface area contributed by atoms with Crippen molar-refractivity contribution in [2.45, 2.75) is 13.0 Å². The summed E-state index contributed by atoms with van der Waals surface area (Å²) in [7, 11) is 0. The summed E-state index contributed by atoms with van der Waals surface area (Å²) in [5.74, 6) is 0.451. The Balaban J connectivity index is 2.03. The average molecular weight is 310 g/mol. The van der Waals surface area contributed by atoms with Crippen molar-refractivity contribution in [2.75, 3.05) is 0 Å². The standard InChI is InChI=1S/C15H13Cl2NO2/c1-10(14-6-3-9-20-14)18-15(19)8-7-11-12(16)4-2-5-13(11)17/h2-10H,1H3,(H,18,19)/b8-7+/t10-/m0/s1. The highest BCUT2D eigenvalue weighted by molar-refractivity contribution is 6.37. The fourth-order valence-electron chi connectivity index (χ4n) is 1.70. The van der Waals surface area contributed by atoms with Crippen LogP contribution in [0.15, 0.2) is 47.1 Å². The molecule has 0 aliphatic heterocycles. The van der Waals surface area contributed by atoms with Gasteiger partial charge in [-0.05, 0) is 37.3 Å². The molecule has 1 amide bonds. The lowest BCUT2D eigenvalue weighted by Crippen LogP contribution is -2.24. The molecule has 1 aromatic heterocycles. The van der Waals surface area contributed by atoms with Crippen LogP contribution in [0.5, 0.6) is 0 Å². The highest BCUT2D eigenvalue weighted by atomic mass is 35.5. The number of amides is 1. The molecule has 3 nitrogen and oxygen atoms in total. The molecular weight excluding hydrogens is 297 g/mol. The predicted molar refractivity (Wildman–Crippen MR) is 80.8 cm³/mol. The maximum atomic E-state index is 11.8. The number of halogens is 2. The smallest absolute Gasteiger partial charge is 0.244 e. The first-order chi connectivity index (χ1) is 9.58. The van der Waals surface area contributed by atoms with Gasteiger partial charge < -0.3 is 9.73 Å². The van der Waals surface area contributed by atoms with Gasteiger partial charge in [-0.1, -0.05) is 29.3 Å². The Morgan fingerprint density at radius 3 is 2.55 bits per heavy atom. The quantitative estimate of drug-likeness (QED) is 0.846. The molecule has 0 saturated heterocycles. The van der Waals surface area contributed by atoms with Gasteiger partial charge in [-0.15, -0.1) is 0 Å². The number of benzene rings is 1. The van der Waals surface area contributed by atoms with E-state index < -0.39 is 0 Å². The van der Waals surface area contributed by atoms with Gasteiger partial charge in [0.05, 0.1) is 12.3 Å². The second kappa shape index (κ2) is 6.64. The monoisotopic (exact) mass is 309 g/mol. The highest BCUT2D eigenvalue weighted by Crippen LogP contribution is 2.25. The van der Waals surface area contributed by atoms with Crippen LogP contribution in [0, 0.1) is 0 Å². The lowest BCUT2D eigenvalue weighted by Gasteiger charge is -2.09. The van der Waals surface area contributed by atoms with Crippen LogP contribution >= 0.6 is 23.2 Å². The topological polar surface area (TPSA) is 42.2 Å². The Morgan fingerprint density at radius 1 is 1.25 bits per heavy atom. The average Bonchev–Trinajstić information content (AvgIpc) is 2.92. The second-order valence-corrected chi connectivity index (χ2v) is 5.03. The van der Waals surface area contributed by atoms with E-state index in [0.717, 1.165) is 0 Å². The van der Waals surface area contributed by atoms with E-state index in [9.17, 15) is 4.79 Å². The van der Waals surface area contributed by atoms with Gasteiger partial charge >= 0.3 is 0 Å². The largest absolute Gasteiger partial charge is 0.467 e. The summed E-state index contributed by atoms with van der Waals surface area (Å²) >= 11 is 12.0. The van der Waals surface area contributed by atoms with Crippen molar-refractivity contribution >= 4 is 35.2 Å². The van der Waals surface area contributed by atoms with E-state index in [-0.39, 0.29) is 11.9 Å². The molecule has 104 valence electrons. The normalized spacial score (nSPS) is 12.6. The van der Waals surface area contributed by atoms with Gasteiger partial charge in [-0.2, -0.15) is 0 Å². The number of carbonyl (C=O) groups is 1. The molecule has 0 aliphatic carbocycles. The van der Waals surface area contributed by atoms with Crippen LogP contribution in [-0.2, 0) is 4.79 Å². The Kier molecular flexibility index (Phi) is 4.88. The Hall–Kier alpha value is -1.71. The summed E-state index contributed by atoms with van der Waals surface area (Å²) in [6.07, 6.45) is 4.55. The van der Waals surface area contributed by atoms with Gasteiger partial charge in [0, 0.05) is 21.7 Å². The van der Waals surface area contributed by atoms with Crippen molar-refractivity contribution < 1.29 is 9.21 Å². The third kappa shape index (κ3) is 3.65. The number of rotatable bonds is 4. The molecule has 0 saturated carbocycles. The maximum absolute atomic E-state index is 11.8. The highest BCUT2D eigenvalue weighted by Gasteiger charge is 2.10. The molecular formula is C15H13Cl2NO2. The minimum atomic E-state index is -0.245. The van der Waals surface area contributed by atoms with E-state index in [2.05, 4.69) is 5.32 Å². The molecule has 0 radical (unpaired) electrons. The van der Waals surface area contributed by atoms with Crippen molar-refractivity contribution in [1.82, 2.24) is 5.32 Å². The minimum Gasteiger partial charge on any atom is -0.467 e. The summed E-state index contributed by atoms with van der Waals surface area (Å²) < 4.78 is 5.22. The van der Waals surface area contributed by atoms with Crippen molar-refractivity contribution in [2.24, 2.45) is 0 Å². The molecule has 1 heterocycles. The molecule has 0 spiro atoms. The maximum Gasteiger partial charge on any atom is 0.244 e. The van der Waals surface area contributed by atoms with Crippen LogP contribution in [0.1, 0.15) is 24.3 Å². The lowest BCUT2D eigenvalue weighted by molar-refractivity contribution is -0.117. The van der Waals surface area contributed by atoms with Gasteiger partial charge in [0.15, 0.2) is 0 Å². The molecule has 2 aromatic rings. The zero-order valence-corrected chi connectivity index (χ0v) is 12.3. The number of furan rings is 1. The van der Waals surface area contributed by atoms with Crippen LogP contribution in [0.25, 0.3) is 6.08 Å². The van der Waals surface area contributed by atoms with Crippen molar-refractivity contribution in [3.05, 3.63) is 64.0 Å². The second-order valence-electron chi connectivity index (χ2n) is 4.21. The molecule has 0 aliphatic rings. The molecule has 0 bridgehead atoms. The fraction of sp³-hybridized carbons (Fsp3) is 0.133. The number of hydrogen-bond donors (Lipinski definition) is 1. The molecule has 0 fully saturated rings. The van der Waals surface area contributed by atoms with Crippen LogP contribution in [0.3, 0.4) is 0 Å². The van der Waals surface area contributed by atoms with Gasteiger partial charge in [-0.25, -0.2) is 0 Å². The fourth-order valence-corrected chi connectivity index (χ4v) is 2.22. The van der Waals surface area contributed by atoms with Crippen molar-refractivity contribution in [3.8, 4) is 0 Å². The first-order valence-electron chi connectivity index (χ1n) is 6.04. The molecule has 1 aromatic carbocycles. The SMILES string of the molecule is C[C@H](NC(=O)/C=C/c1c(Cl)cccc1Cl)c1ccco1. The van der Waals surface area contributed by atoms with Gasteiger partial charge in [0.25, 0.3) is 0 Å². The van der Waals surface area contributed by atoms with E-state index >= 15 is 0 Å².